The van der Waals surface area contributed by atoms with Gasteiger partial charge in [0.15, 0.2) is 0 Å². The molecule has 0 bridgehead atoms. The van der Waals surface area contributed by atoms with Crippen LogP contribution < -0.4 is 10.6 Å². The van der Waals surface area contributed by atoms with Gasteiger partial charge in [0.2, 0.25) is 5.91 Å². The molecule has 8 atom stereocenters. The van der Waals surface area contributed by atoms with E-state index in [1.807, 2.05) is 20.8 Å². The topological polar surface area (TPSA) is 153 Å². The molecule has 2 N–H and O–H groups in total. The van der Waals surface area contributed by atoms with Crippen LogP contribution in [0.25, 0.3) is 0 Å². The molecule has 0 saturated heterocycles. The number of unbranched alkanes of at least 4 members (excludes halogenated alkanes) is 1. The number of amides is 4. The van der Waals surface area contributed by atoms with Gasteiger partial charge in [-0.05, 0) is 179 Å². The highest BCUT2D eigenvalue weighted by Crippen LogP contribution is 2.67. The lowest BCUT2D eigenvalue weighted by Gasteiger charge is -2.58. The first-order chi connectivity index (χ1) is 32.1. The van der Waals surface area contributed by atoms with E-state index in [2.05, 4.69) is 51.3 Å². The number of nitrogens with zero attached hydrogens (tertiary/aromatic N) is 2. The second-order valence-corrected chi connectivity index (χ2v) is 25.3. The molecule has 13 heteroatoms. The van der Waals surface area contributed by atoms with Crippen molar-refractivity contribution >= 4 is 30.2 Å². The highest BCUT2D eigenvalue weighted by molar-refractivity contribution is 5.81. The number of carbonyl (C=O) groups is 5. The summed E-state index contributed by atoms with van der Waals surface area (Å²) in [4.78, 5) is 68.4. The first-order valence-corrected chi connectivity index (χ1v) is 27.2. The molecule has 4 aliphatic carbocycles. The van der Waals surface area contributed by atoms with E-state index in [0.717, 1.165) is 55.3 Å². The smallest absolute Gasteiger partial charge is 0.410 e. The number of rotatable bonds is 22. The second kappa shape index (κ2) is 25.2. The van der Waals surface area contributed by atoms with Crippen LogP contribution in [0.3, 0.4) is 0 Å². The molecule has 0 aromatic carbocycles. The fraction of sp³-hybridized carbons (Fsp3) is 0.875. The summed E-state index contributed by atoms with van der Waals surface area (Å²) in [5.41, 5.74) is 0.172. The van der Waals surface area contributed by atoms with Crippen molar-refractivity contribution < 1.29 is 42.9 Å². The van der Waals surface area contributed by atoms with Crippen molar-refractivity contribution in [2.45, 2.75) is 229 Å². The summed E-state index contributed by atoms with van der Waals surface area (Å²) >= 11 is 0. The van der Waals surface area contributed by atoms with Crippen LogP contribution in [0.4, 0.5) is 14.4 Å². The zero-order chi connectivity index (χ0) is 51.4. The molecule has 4 aliphatic rings. The highest BCUT2D eigenvalue weighted by atomic mass is 16.6. The van der Waals surface area contributed by atoms with Gasteiger partial charge < -0.3 is 39.4 Å². The van der Waals surface area contributed by atoms with E-state index in [4.69, 9.17) is 18.9 Å². The van der Waals surface area contributed by atoms with Gasteiger partial charge in [-0.25, -0.2) is 14.4 Å². The summed E-state index contributed by atoms with van der Waals surface area (Å²) < 4.78 is 22.6. The van der Waals surface area contributed by atoms with Crippen LogP contribution in [-0.2, 0) is 28.5 Å². The zero-order valence-electron chi connectivity index (χ0n) is 46.0. The molecule has 4 amide bonds. The Labute approximate surface area is 418 Å². The molecular formula is C56H98N4O9. The average Bonchev–Trinajstić information content (AvgIpc) is 3.58. The number of nitrogens with one attached hydrogen (secondary N) is 2. The molecule has 396 valence electrons. The number of hydrogen-bond acceptors (Lipinski definition) is 9. The molecule has 13 nitrogen and oxygen atoms in total. The molecule has 3 fully saturated rings. The second-order valence-electron chi connectivity index (χ2n) is 25.3. The van der Waals surface area contributed by atoms with Gasteiger partial charge in [-0.2, -0.15) is 0 Å². The molecule has 0 aromatic rings. The third-order valence-corrected chi connectivity index (χ3v) is 15.8. The molecule has 0 spiro atoms. The van der Waals surface area contributed by atoms with Crippen molar-refractivity contribution in [2.24, 2.45) is 46.3 Å². The lowest BCUT2D eigenvalue weighted by molar-refractivity contribution is -0.153. The maximum absolute atomic E-state index is 13.8. The number of hydrogen-bond donors (Lipinski definition) is 2. The predicted molar refractivity (Wildman–Crippen MR) is 273 cm³/mol. The SMILES string of the molecule is CC(C)CCCC(C)[C@H]1CC[C@H]2[C@@H]3CC=C4C[C@@H](OC(=O)CCC(=O)N(CCCCN(CCCNC(=O)OC(C)(C)C)C(=O)OC(C)(C)C)CCCNC(=O)OC(C)(C)C)CC[C@]4(C)[C@H]3CC[C@]12C. The van der Waals surface area contributed by atoms with Crippen molar-refractivity contribution in [3.63, 3.8) is 0 Å². The van der Waals surface area contributed by atoms with Crippen LogP contribution in [0.1, 0.15) is 206 Å². The number of fused-ring (bicyclic) bond motifs is 5. The quantitative estimate of drug-likeness (QED) is 0.0467. The van der Waals surface area contributed by atoms with Crippen molar-refractivity contribution in [1.82, 2.24) is 20.4 Å². The van der Waals surface area contributed by atoms with Crippen LogP contribution in [0.15, 0.2) is 11.6 Å². The van der Waals surface area contributed by atoms with E-state index < -0.39 is 35.1 Å². The lowest BCUT2D eigenvalue weighted by Crippen LogP contribution is -2.51. The summed E-state index contributed by atoms with van der Waals surface area (Å²) in [6.45, 7) is 30.9. The van der Waals surface area contributed by atoms with Gasteiger partial charge >= 0.3 is 24.2 Å². The zero-order valence-corrected chi connectivity index (χ0v) is 46.0. The Morgan fingerprint density at radius 2 is 1.23 bits per heavy atom. The van der Waals surface area contributed by atoms with E-state index in [9.17, 15) is 24.0 Å². The van der Waals surface area contributed by atoms with E-state index in [-0.39, 0.29) is 36.2 Å². The van der Waals surface area contributed by atoms with Crippen LogP contribution in [0, 0.1) is 46.3 Å². The van der Waals surface area contributed by atoms with Crippen molar-refractivity contribution in [2.75, 3.05) is 39.3 Å². The molecule has 0 aromatic heterocycles. The normalized spacial score (nSPS) is 26.1. The summed E-state index contributed by atoms with van der Waals surface area (Å²) in [6, 6.07) is 0. The summed E-state index contributed by atoms with van der Waals surface area (Å²) in [5, 5.41) is 5.52. The maximum atomic E-state index is 13.8. The van der Waals surface area contributed by atoms with E-state index in [1.165, 1.54) is 50.5 Å². The monoisotopic (exact) mass is 971 g/mol. The fourth-order valence-electron chi connectivity index (χ4n) is 12.5. The Hall–Kier alpha value is -3.51. The van der Waals surface area contributed by atoms with Crippen LogP contribution in [0.2, 0.25) is 0 Å². The Morgan fingerprint density at radius 3 is 1.81 bits per heavy atom. The van der Waals surface area contributed by atoms with Gasteiger partial charge in [0.25, 0.3) is 0 Å². The molecule has 0 aliphatic heterocycles. The van der Waals surface area contributed by atoms with Gasteiger partial charge in [-0.15, -0.1) is 0 Å². The van der Waals surface area contributed by atoms with E-state index in [0.29, 0.717) is 76.3 Å². The van der Waals surface area contributed by atoms with Gasteiger partial charge in [0.1, 0.15) is 22.9 Å². The standard InChI is InChI=1S/C56H98N4O9/c1-39(2)20-17-21-40(3)44-24-25-45-43-23-22-41-38-42(28-30-55(41,13)46(43)29-31-56(44,45)14)66-48(62)27-26-47(61)59(36-18-32-57-49(63)67-52(4,5)6)34-15-16-35-60(51(65)69-54(10,11)12)37-19-33-58-50(64)68-53(7,8)9/h22,39-40,42-46H,15-21,23-38H2,1-14H3,(H,57,63)(H,58,64)/t40?,42-,43-,44+,45-,46-,55-,56+/m0/s1. The third kappa shape index (κ3) is 18.2. The fourth-order valence-corrected chi connectivity index (χ4v) is 12.5. The van der Waals surface area contributed by atoms with Gasteiger partial charge in [-0.3, -0.25) is 9.59 Å². The van der Waals surface area contributed by atoms with Crippen LogP contribution >= 0.6 is 0 Å². The summed E-state index contributed by atoms with van der Waals surface area (Å²) in [6.07, 6.45) is 16.4. The molecule has 69 heavy (non-hydrogen) atoms. The number of carbonyl (C=O) groups excluding carboxylic acids is 5. The molecule has 0 heterocycles. The number of alkyl carbamates (subject to hydrolysis) is 2. The predicted octanol–water partition coefficient (Wildman–Crippen LogP) is 12.4. The third-order valence-electron chi connectivity index (χ3n) is 15.8. The van der Waals surface area contributed by atoms with Crippen molar-refractivity contribution in [3.05, 3.63) is 11.6 Å². The maximum Gasteiger partial charge on any atom is 0.410 e. The Morgan fingerprint density at radius 1 is 0.667 bits per heavy atom. The van der Waals surface area contributed by atoms with Gasteiger partial charge in [-0.1, -0.05) is 65.5 Å². The Balaban J connectivity index is 1.30. The first-order valence-electron chi connectivity index (χ1n) is 27.2. The molecule has 0 radical (unpaired) electrons. The minimum Gasteiger partial charge on any atom is -0.462 e. The highest BCUT2D eigenvalue weighted by Gasteiger charge is 2.59. The van der Waals surface area contributed by atoms with Gasteiger partial charge in [0.05, 0.1) is 6.42 Å². The van der Waals surface area contributed by atoms with Crippen LogP contribution in [-0.4, -0.2) is 102 Å². The van der Waals surface area contributed by atoms with E-state index >= 15 is 0 Å². The summed E-state index contributed by atoms with van der Waals surface area (Å²) in [5.74, 6) is 4.17. The molecular weight excluding hydrogens is 873 g/mol. The Bertz CT molecular complexity index is 1730. The van der Waals surface area contributed by atoms with Crippen molar-refractivity contribution in [1.29, 1.82) is 0 Å². The van der Waals surface area contributed by atoms with Gasteiger partial charge in [0, 0.05) is 52.1 Å². The minimum absolute atomic E-state index is 0.00405. The average molecular weight is 971 g/mol. The van der Waals surface area contributed by atoms with E-state index in [1.54, 1.807) is 51.3 Å². The molecule has 1 unspecified atom stereocenters. The minimum atomic E-state index is -0.681. The number of ether oxygens (including phenoxy) is 4. The molecule has 3 saturated carbocycles. The van der Waals surface area contributed by atoms with Crippen molar-refractivity contribution in [3.8, 4) is 0 Å². The number of allylic oxidation sites excluding steroid dienone is 1. The largest absolute Gasteiger partial charge is 0.462 e. The lowest BCUT2D eigenvalue weighted by atomic mass is 9.47. The summed E-state index contributed by atoms with van der Waals surface area (Å²) in [7, 11) is 0. The Kier molecular flexibility index (Phi) is 21.2. The molecule has 4 rings (SSSR count). The number of esters is 1. The van der Waals surface area contributed by atoms with Crippen LogP contribution in [0.5, 0.6) is 0 Å². The first kappa shape index (κ1) is 58.1.